The molecule has 0 aromatic rings. The summed E-state index contributed by atoms with van der Waals surface area (Å²) in [4.78, 5) is 5.24. The van der Waals surface area contributed by atoms with E-state index < -0.39 is 0 Å². The molecule has 0 aromatic carbocycles. The maximum atomic E-state index is 5.37. The number of hydroxylamine groups is 2. The molecular weight excluding hydrogens is 140 g/mol. The fourth-order valence-corrected chi connectivity index (χ4v) is 0.878. The van der Waals surface area contributed by atoms with Gasteiger partial charge in [-0.05, 0) is 19.0 Å². The molecule has 1 aliphatic rings. The van der Waals surface area contributed by atoms with Gasteiger partial charge < -0.3 is 10.6 Å². The van der Waals surface area contributed by atoms with Crippen LogP contribution in [0.2, 0.25) is 0 Å². The topological polar surface area (TPSA) is 38.5 Å². The summed E-state index contributed by atoms with van der Waals surface area (Å²) in [5.41, 5.74) is 5.37. The van der Waals surface area contributed by atoms with E-state index in [1.165, 1.54) is 0 Å². The Labute approximate surface area is 67.1 Å². The molecule has 0 atom stereocenters. The Bertz CT molecular complexity index is 140. The van der Waals surface area contributed by atoms with Gasteiger partial charge in [-0.1, -0.05) is 12.2 Å². The zero-order chi connectivity index (χ0) is 7.94. The van der Waals surface area contributed by atoms with Gasteiger partial charge in [0, 0.05) is 6.54 Å². The van der Waals surface area contributed by atoms with Gasteiger partial charge in [-0.2, -0.15) is 0 Å². The molecule has 0 aromatic heterocycles. The van der Waals surface area contributed by atoms with Crippen LogP contribution in [0.3, 0.4) is 0 Å². The fourth-order valence-electron chi connectivity index (χ4n) is 0.878. The predicted octanol–water partition coefficient (Wildman–Crippen LogP) is 0.652. The lowest BCUT2D eigenvalue weighted by Gasteiger charge is -2.16. The van der Waals surface area contributed by atoms with Crippen LogP contribution >= 0.6 is 0 Å². The summed E-state index contributed by atoms with van der Waals surface area (Å²) in [5.74, 6) is 0. The number of rotatable bonds is 3. The van der Waals surface area contributed by atoms with Crippen LogP contribution in [0.5, 0.6) is 0 Å². The van der Waals surface area contributed by atoms with E-state index in [2.05, 4.69) is 6.08 Å². The standard InChI is InChI=1S/C8H14N2O/c9-5-4-7-10-6-2-1-3-8-11-10/h1-3,8H,4-7,9H2. The van der Waals surface area contributed by atoms with E-state index in [9.17, 15) is 0 Å². The van der Waals surface area contributed by atoms with Crippen molar-refractivity contribution in [2.75, 3.05) is 19.6 Å². The zero-order valence-corrected chi connectivity index (χ0v) is 6.57. The van der Waals surface area contributed by atoms with Crippen molar-refractivity contribution in [2.24, 2.45) is 5.73 Å². The quantitative estimate of drug-likeness (QED) is 0.648. The van der Waals surface area contributed by atoms with Gasteiger partial charge in [-0.15, -0.1) is 5.06 Å². The number of hydrogen-bond acceptors (Lipinski definition) is 3. The Morgan fingerprint density at radius 3 is 3.18 bits per heavy atom. The molecule has 0 saturated heterocycles. The lowest BCUT2D eigenvalue weighted by molar-refractivity contribution is -0.0922. The van der Waals surface area contributed by atoms with Crippen molar-refractivity contribution >= 4 is 0 Å². The molecule has 1 heterocycles. The van der Waals surface area contributed by atoms with Gasteiger partial charge in [0.1, 0.15) is 6.26 Å². The van der Waals surface area contributed by atoms with Gasteiger partial charge in [0.05, 0.1) is 6.54 Å². The highest BCUT2D eigenvalue weighted by atomic mass is 16.7. The van der Waals surface area contributed by atoms with Crippen LogP contribution in [-0.4, -0.2) is 24.7 Å². The third-order valence-corrected chi connectivity index (χ3v) is 1.46. The van der Waals surface area contributed by atoms with Gasteiger partial charge in [-0.25, -0.2) is 0 Å². The summed E-state index contributed by atoms with van der Waals surface area (Å²) in [7, 11) is 0. The van der Waals surface area contributed by atoms with Crippen molar-refractivity contribution < 1.29 is 4.84 Å². The summed E-state index contributed by atoms with van der Waals surface area (Å²) in [6.07, 6.45) is 8.56. The molecule has 62 valence electrons. The van der Waals surface area contributed by atoms with Crippen LogP contribution in [0.1, 0.15) is 6.42 Å². The minimum Gasteiger partial charge on any atom is -0.414 e. The molecule has 0 amide bonds. The summed E-state index contributed by atoms with van der Waals surface area (Å²) in [5, 5.41) is 1.88. The Morgan fingerprint density at radius 1 is 1.45 bits per heavy atom. The van der Waals surface area contributed by atoms with E-state index in [1.54, 1.807) is 6.26 Å². The average molecular weight is 154 g/mol. The first-order valence-electron chi connectivity index (χ1n) is 3.87. The molecule has 0 aliphatic carbocycles. The molecule has 0 radical (unpaired) electrons. The number of allylic oxidation sites excluding steroid dienone is 2. The van der Waals surface area contributed by atoms with Crippen molar-refractivity contribution in [3.8, 4) is 0 Å². The molecule has 1 aliphatic heterocycles. The Balaban J connectivity index is 2.23. The van der Waals surface area contributed by atoms with Gasteiger partial charge in [-0.3, -0.25) is 0 Å². The highest BCUT2D eigenvalue weighted by Crippen LogP contribution is 1.98. The number of nitrogens with zero attached hydrogens (tertiary/aromatic N) is 1. The molecule has 3 heteroatoms. The third kappa shape index (κ3) is 3.20. The molecule has 2 N–H and O–H groups in total. The number of hydrogen-bond donors (Lipinski definition) is 1. The smallest absolute Gasteiger partial charge is 0.111 e. The van der Waals surface area contributed by atoms with E-state index in [-0.39, 0.29) is 0 Å². The fraction of sp³-hybridized carbons (Fsp3) is 0.500. The van der Waals surface area contributed by atoms with Gasteiger partial charge in [0.25, 0.3) is 0 Å². The normalized spacial score (nSPS) is 17.9. The highest BCUT2D eigenvalue weighted by molar-refractivity contribution is 5.01. The molecule has 3 nitrogen and oxygen atoms in total. The zero-order valence-electron chi connectivity index (χ0n) is 6.57. The maximum absolute atomic E-state index is 5.37. The summed E-state index contributed by atoms with van der Waals surface area (Å²) >= 11 is 0. The van der Waals surface area contributed by atoms with Gasteiger partial charge in [0.15, 0.2) is 0 Å². The van der Waals surface area contributed by atoms with Crippen LogP contribution in [-0.2, 0) is 4.84 Å². The van der Waals surface area contributed by atoms with Crippen molar-refractivity contribution in [1.29, 1.82) is 0 Å². The van der Waals surface area contributed by atoms with Gasteiger partial charge >= 0.3 is 0 Å². The SMILES string of the molecule is NCCCN1CC=CC=CO1. The monoisotopic (exact) mass is 154 g/mol. The van der Waals surface area contributed by atoms with Crippen molar-refractivity contribution in [3.05, 3.63) is 24.5 Å². The van der Waals surface area contributed by atoms with Crippen molar-refractivity contribution in [2.45, 2.75) is 6.42 Å². The second-order valence-corrected chi connectivity index (χ2v) is 2.39. The predicted molar refractivity (Wildman–Crippen MR) is 44.6 cm³/mol. The van der Waals surface area contributed by atoms with Crippen LogP contribution in [0.15, 0.2) is 24.5 Å². The lowest BCUT2D eigenvalue weighted by Crippen LogP contribution is -2.24. The molecular formula is C8H14N2O. The van der Waals surface area contributed by atoms with E-state index in [0.29, 0.717) is 6.54 Å². The van der Waals surface area contributed by atoms with Crippen LogP contribution in [0.4, 0.5) is 0 Å². The molecule has 11 heavy (non-hydrogen) atoms. The van der Waals surface area contributed by atoms with Crippen LogP contribution in [0.25, 0.3) is 0 Å². The van der Waals surface area contributed by atoms with Crippen molar-refractivity contribution in [3.63, 3.8) is 0 Å². The van der Waals surface area contributed by atoms with E-state index >= 15 is 0 Å². The second kappa shape index (κ2) is 4.93. The summed E-state index contributed by atoms with van der Waals surface area (Å²) in [6.45, 7) is 2.45. The second-order valence-electron chi connectivity index (χ2n) is 2.39. The Morgan fingerprint density at radius 2 is 2.36 bits per heavy atom. The van der Waals surface area contributed by atoms with E-state index in [1.807, 2.05) is 17.2 Å². The average Bonchev–Trinajstić information content (AvgIpc) is 2.28. The Kier molecular flexibility index (Phi) is 3.72. The van der Waals surface area contributed by atoms with Crippen molar-refractivity contribution in [1.82, 2.24) is 5.06 Å². The van der Waals surface area contributed by atoms with Gasteiger partial charge in [0.2, 0.25) is 0 Å². The molecule has 0 unspecified atom stereocenters. The lowest BCUT2D eigenvalue weighted by atomic mass is 10.4. The maximum Gasteiger partial charge on any atom is 0.111 e. The molecule has 0 spiro atoms. The van der Waals surface area contributed by atoms with E-state index in [0.717, 1.165) is 19.5 Å². The Hall–Kier alpha value is -0.800. The summed E-state index contributed by atoms with van der Waals surface area (Å²) < 4.78 is 0. The molecule has 0 bridgehead atoms. The molecule has 0 fully saturated rings. The first-order chi connectivity index (χ1) is 5.43. The summed E-state index contributed by atoms with van der Waals surface area (Å²) in [6, 6.07) is 0. The van der Waals surface area contributed by atoms with E-state index in [4.69, 9.17) is 10.6 Å². The highest BCUT2D eigenvalue weighted by Gasteiger charge is 2.01. The third-order valence-electron chi connectivity index (χ3n) is 1.46. The number of nitrogens with two attached hydrogens (primary N) is 1. The molecule has 1 rings (SSSR count). The minimum absolute atomic E-state index is 0.716. The van der Waals surface area contributed by atoms with Crippen LogP contribution in [0, 0.1) is 0 Å². The molecule has 0 saturated carbocycles. The minimum atomic E-state index is 0.716. The van der Waals surface area contributed by atoms with Crippen LogP contribution < -0.4 is 5.73 Å². The first-order valence-corrected chi connectivity index (χ1v) is 3.87. The largest absolute Gasteiger partial charge is 0.414 e. The first kappa shape index (κ1) is 8.30.